The summed E-state index contributed by atoms with van der Waals surface area (Å²) in [4.78, 5) is 24.3. The molecule has 3 aromatic rings. The number of H-pyrrole nitrogens is 1. The van der Waals surface area contributed by atoms with Gasteiger partial charge in [0.25, 0.3) is 0 Å². The SMILES string of the molecule is CCN(CCN(C)C)C(=O)CC(Nc1nc2ccccc2[nH]1)c1cccc(C(F)(F)F)c1. The van der Waals surface area contributed by atoms with Crippen molar-refractivity contribution in [3.8, 4) is 0 Å². The summed E-state index contributed by atoms with van der Waals surface area (Å²) in [5.41, 5.74) is 1.15. The monoisotopic (exact) mass is 447 g/mol. The molecule has 32 heavy (non-hydrogen) atoms. The lowest BCUT2D eigenvalue weighted by Crippen LogP contribution is -2.37. The Morgan fingerprint density at radius 3 is 2.53 bits per heavy atom. The average molecular weight is 448 g/mol. The zero-order chi connectivity index (χ0) is 23.3. The van der Waals surface area contributed by atoms with E-state index in [1.165, 1.54) is 6.07 Å². The topological polar surface area (TPSA) is 64.3 Å². The molecule has 2 aromatic carbocycles. The normalized spacial score (nSPS) is 12.8. The van der Waals surface area contributed by atoms with Gasteiger partial charge in [0.2, 0.25) is 11.9 Å². The molecule has 0 aliphatic carbocycles. The van der Waals surface area contributed by atoms with Gasteiger partial charge in [0, 0.05) is 19.6 Å². The lowest BCUT2D eigenvalue weighted by molar-refractivity contribution is -0.137. The number of amides is 1. The highest BCUT2D eigenvalue weighted by Crippen LogP contribution is 2.32. The Kier molecular flexibility index (Phi) is 7.40. The van der Waals surface area contributed by atoms with Gasteiger partial charge in [0.1, 0.15) is 0 Å². The molecule has 2 N–H and O–H groups in total. The van der Waals surface area contributed by atoms with Crippen LogP contribution in [0, 0.1) is 0 Å². The Morgan fingerprint density at radius 2 is 1.88 bits per heavy atom. The first-order chi connectivity index (χ1) is 15.2. The fourth-order valence-corrected chi connectivity index (χ4v) is 3.45. The van der Waals surface area contributed by atoms with Gasteiger partial charge >= 0.3 is 6.18 Å². The average Bonchev–Trinajstić information content (AvgIpc) is 3.15. The fraction of sp³-hybridized carbons (Fsp3) is 0.391. The van der Waals surface area contributed by atoms with Crippen molar-refractivity contribution in [1.82, 2.24) is 19.8 Å². The van der Waals surface area contributed by atoms with Crippen molar-refractivity contribution in [2.75, 3.05) is 39.0 Å². The summed E-state index contributed by atoms with van der Waals surface area (Å²) in [5.74, 6) is 0.262. The molecule has 1 aromatic heterocycles. The van der Waals surface area contributed by atoms with Gasteiger partial charge in [-0.15, -0.1) is 0 Å². The van der Waals surface area contributed by atoms with Crippen LogP contribution in [0.1, 0.15) is 30.5 Å². The largest absolute Gasteiger partial charge is 0.416 e. The second-order valence-corrected chi connectivity index (χ2v) is 7.90. The maximum Gasteiger partial charge on any atom is 0.416 e. The van der Waals surface area contributed by atoms with Crippen molar-refractivity contribution in [2.24, 2.45) is 0 Å². The number of rotatable bonds is 9. The molecule has 9 heteroatoms. The number of likely N-dealkylation sites (N-methyl/N-ethyl adjacent to an activating group) is 2. The van der Waals surface area contributed by atoms with Gasteiger partial charge in [-0.25, -0.2) is 4.98 Å². The minimum Gasteiger partial charge on any atom is -0.348 e. The maximum absolute atomic E-state index is 13.3. The van der Waals surface area contributed by atoms with Gasteiger partial charge < -0.3 is 20.1 Å². The predicted molar refractivity (Wildman–Crippen MR) is 119 cm³/mol. The summed E-state index contributed by atoms with van der Waals surface area (Å²) in [5, 5.41) is 3.15. The third-order valence-electron chi connectivity index (χ3n) is 5.25. The van der Waals surface area contributed by atoms with E-state index in [-0.39, 0.29) is 12.3 Å². The Morgan fingerprint density at radius 1 is 1.12 bits per heavy atom. The predicted octanol–water partition coefficient (Wildman–Crippen LogP) is 4.54. The molecular weight excluding hydrogens is 419 g/mol. The van der Waals surface area contributed by atoms with Crippen LogP contribution in [0.5, 0.6) is 0 Å². The van der Waals surface area contributed by atoms with Gasteiger partial charge in [-0.2, -0.15) is 13.2 Å². The second-order valence-electron chi connectivity index (χ2n) is 7.90. The molecule has 0 saturated carbocycles. The highest BCUT2D eigenvalue weighted by Gasteiger charge is 2.31. The zero-order valence-electron chi connectivity index (χ0n) is 18.4. The molecule has 0 aliphatic rings. The first kappa shape index (κ1) is 23.6. The van der Waals surface area contributed by atoms with Crippen LogP contribution in [0.25, 0.3) is 11.0 Å². The molecular formula is C23H28F3N5O. The molecule has 1 atom stereocenters. The summed E-state index contributed by atoms with van der Waals surface area (Å²) in [7, 11) is 3.85. The maximum atomic E-state index is 13.3. The molecule has 6 nitrogen and oxygen atoms in total. The number of nitrogens with zero attached hydrogens (tertiary/aromatic N) is 3. The van der Waals surface area contributed by atoms with E-state index in [1.54, 1.807) is 11.0 Å². The summed E-state index contributed by atoms with van der Waals surface area (Å²) >= 11 is 0. The standard InChI is InChI=1S/C23H28F3N5O/c1-4-31(13-12-30(2)3)21(32)15-20(16-8-7-9-17(14-16)23(24,25)26)29-22-27-18-10-5-6-11-19(18)28-22/h5-11,14,20H,4,12-13,15H2,1-3H3,(H2,27,28,29). The van der Waals surface area contributed by atoms with Crippen LogP contribution in [0.4, 0.5) is 19.1 Å². The molecule has 0 fully saturated rings. The number of hydrogen-bond acceptors (Lipinski definition) is 4. The number of benzene rings is 2. The first-order valence-corrected chi connectivity index (χ1v) is 10.5. The van der Waals surface area contributed by atoms with Gasteiger partial charge in [-0.3, -0.25) is 4.79 Å². The van der Waals surface area contributed by atoms with Gasteiger partial charge in [0.05, 0.1) is 29.1 Å². The van der Waals surface area contributed by atoms with Crippen molar-refractivity contribution < 1.29 is 18.0 Å². The first-order valence-electron chi connectivity index (χ1n) is 10.5. The van der Waals surface area contributed by atoms with E-state index in [0.29, 0.717) is 31.1 Å². The Bertz CT molecular complexity index is 1010. The van der Waals surface area contributed by atoms with Crippen molar-refractivity contribution in [1.29, 1.82) is 0 Å². The van der Waals surface area contributed by atoms with E-state index in [1.807, 2.05) is 50.2 Å². The Balaban J connectivity index is 1.89. The lowest BCUT2D eigenvalue weighted by atomic mass is 10.0. The molecule has 0 aliphatic heterocycles. The minimum atomic E-state index is -4.47. The zero-order valence-corrected chi connectivity index (χ0v) is 18.4. The fourth-order valence-electron chi connectivity index (χ4n) is 3.45. The molecule has 1 unspecified atom stereocenters. The Labute approximate surface area is 185 Å². The smallest absolute Gasteiger partial charge is 0.348 e. The summed E-state index contributed by atoms with van der Waals surface area (Å²) in [6.45, 7) is 3.65. The van der Waals surface area contributed by atoms with Crippen molar-refractivity contribution >= 4 is 22.9 Å². The number of imidazole rings is 1. The van der Waals surface area contributed by atoms with E-state index < -0.39 is 17.8 Å². The van der Waals surface area contributed by atoms with E-state index in [0.717, 1.165) is 23.2 Å². The number of halogens is 3. The number of hydrogen-bond donors (Lipinski definition) is 2. The van der Waals surface area contributed by atoms with Gasteiger partial charge in [-0.1, -0.05) is 24.3 Å². The third kappa shape index (κ3) is 6.00. The summed E-state index contributed by atoms with van der Waals surface area (Å²) in [6.07, 6.45) is -4.47. The number of nitrogens with one attached hydrogen (secondary N) is 2. The number of carbonyl (C=O) groups is 1. The molecule has 0 bridgehead atoms. The number of carbonyl (C=O) groups excluding carboxylic acids is 1. The highest BCUT2D eigenvalue weighted by atomic mass is 19.4. The Hall–Kier alpha value is -3.07. The van der Waals surface area contributed by atoms with Crippen LogP contribution in [-0.2, 0) is 11.0 Å². The number of anilines is 1. The van der Waals surface area contributed by atoms with Crippen LogP contribution in [0.2, 0.25) is 0 Å². The molecule has 1 heterocycles. The minimum absolute atomic E-state index is 0.000373. The van der Waals surface area contributed by atoms with Crippen molar-refractivity contribution in [3.05, 3.63) is 59.7 Å². The van der Waals surface area contributed by atoms with Crippen LogP contribution in [0.3, 0.4) is 0 Å². The second kappa shape index (κ2) is 10.0. The van der Waals surface area contributed by atoms with Gasteiger partial charge in [0.15, 0.2) is 0 Å². The van der Waals surface area contributed by atoms with Crippen LogP contribution < -0.4 is 5.32 Å². The van der Waals surface area contributed by atoms with Crippen LogP contribution in [-0.4, -0.2) is 59.4 Å². The van der Waals surface area contributed by atoms with E-state index in [4.69, 9.17) is 0 Å². The molecule has 3 rings (SSSR count). The summed E-state index contributed by atoms with van der Waals surface area (Å²) < 4.78 is 39.9. The van der Waals surface area contributed by atoms with E-state index in [9.17, 15) is 18.0 Å². The number of aromatic amines is 1. The third-order valence-corrected chi connectivity index (χ3v) is 5.25. The molecule has 1 amide bonds. The van der Waals surface area contributed by atoms with Crippen molar-refractivity contribution in [2.45, 2.75) is 25.6 Å². The molecule has 0 spiro atoms. The van der Waals surface area contributed by atoms with Crippen molar-refractivity contribution in [3.63, 3.8) is 0 Å². The molecule has 0 radical (unpaired) electrons. The summed E-state index contributed by atoms with van der Waals surface area (Å²) in [6, 6.07) is 11.8. The molecule has 0 saturated heterocycles. The molecule has 172 valence electrons. The van der Waals surface area contributed by atoms with E-state index >= 15 is 0 Å². The number of fused-ring (bicyclic) bond motifs is 1. The van der Waals surface area contributed by atoms with Gasteiger partial charge in [-0.05, 0) is 50.8 Å². The van der Waals surface area contributed by atoms with Crippen LogP contribution >= 0.6 is 0 Å². The van der Waals surface area contributed by atoms with Crippen LogP contribution in [0.15, 0.2) is 48.5 Å². The quantitative estimate of drug-likeness (QED) is 0.506. The number of para-hydroxylation sites is 2. The lowest BCUT2D eigenvalue weighted by Gasteiger charge is -2.26. The number of aromatic nitrogens is 2. The number of alkyl halides is 3. The highest BCUT2D eigenvalue weighted by molar-refractivity contribution is 5.79. The van der Waals surface area contributed by atoms with E-state index in [2.05, 4.69) is 15.3 Å².